The van der Waals surface area contributed by atoms with Gasteiger partial charge in [-0.2, -0.15) is 4.39 Å². The van der Waals surface area contributed by atoms with Gasteiger partial charge in [-0.05, 0) is 18.3 Å². The Kier molecular flexibility index (Phi) is 8.93. The number of esters is 1. The van der Waals surface area contributed by atoms with E-state index in [1.54, 1.807) is 6.21 Å². The normalized spacial score (nSPS) is 15.0. The Morgan fingerprint density at radius 3 is 2.21 bits per heavy atom. The first-order valence-corrected chi connectivity index (χ1v) is 8.10. The molecule has 2 unspecified atom stereocenters. The zero-order valence-corrected chi connectivity index (χ0v) is 15.7. The van der Waals surface area contributed by atoms with Gasteiger partial charge in [0.2, 0.25) is 6.23 Å². The number of carbonyl (C=O) groups is 2. The topological polar surface area (TPSA) is 74.2 Å². The monoisotopic (exact) mass is 347 g/mol. The molecule has 0 amide bonds. The predicted octanol–water partition coefficient (Wildman–Crippen LogP) is 4.27. The minimum absolute atomic E-state index is 0.0192. The second-order valence-corrected chi connectivity index (χ2v) is 7.10. The van der Waals surface area contributed by atoms with Gasteiger partial charge >= 0.3 is 18.5 Å². The molecule has 140 valence electrons. The number of carbonyl (C=O) groups excluding carboxylic acids is 2. The molecule has 0 radical (unpaired) electrons. The van der Waals surface area contributed by atoms with Gasteiger partial charge in [-0.25, -0.2) is 9.59 Å². The summed E-state index contributed by atoms with van der Waals surface area (Å²) in [5, 5.41) is 0. The molecule has 0 aliphatic heterocycles. The van der Waals surface area contributed by atoms with E-state index in [0.29, 0.717) is 6.42 Å². The lowest BCUT2D eigenvalue weighted by Gasteiger charge is -2.37. The van der Waals surface area contributed by atoms with Crippen LogP contribution in [0.3, 0.4) is 0 Å². The summed E-state index contributed by atoms with van der Waals surface area (Å²) in [4.78, 5) is 27.0. The standard InChI is InChI=1S/C17H30FNO5/c1-8-10-19-14(17(5,6)11-16(3,4)9-2)24-15(21)23-12(18)13(20)22-7/h10,12,14H,8-9,11H2,1-7H3/b19-10+. The Morgan fingerprint density at radius 2 is 1.75 bits per heavy atom. The van der Waals surface area contributed by atoms with E-state index in [2.05, 4.69) is 35.2 Å². The van der Waals surface area contributed by atoms with Crippen molar-refractivity contribution in [2.45, 2.75) is 73.4 Å². The molecule has 0 aromatic rings. The molecule has 0 fully saturated rings. The van der Waals surface area contributed by atoms with Crippen LogP contribution in [0.2, 0.25) is 0 Å². The maximum absolute atomic E-state index is 13.3. The Hall–Kier alpha value is -1.66. The molecule has 0 saturated heterocycles. The fourth-order valence-corrected chi connectivity index (χ4v) is 2.38. The zero-order valence-electron chi connectivity index (χ0n) is 15.7. The lowest BCUT2D eigenvalue weighted by atomic mass is 9.73. The van der Waals surface area contributed by atoms with Gasteiger partial charge in [0.25, 0.3) is 0 Å². The molecule has 7 heteroatoms. The van der Waals surface area contributed by atoms with Crippen molar-refractivity contribution in [1.82, 2.24) is 0 Å². The van der Waals surface area contributed by atoms with Crippen molar-refractivity contribution < 1.29 is 28.2 Å². The van der Waals surface area contributed by atoms with Crippen LogP contribution in [0.5, 0.6) is 0 Å². The average Bonchev–Trinajstić information content (AvgIpc) is 2.49. The van der Waals surface area contributed by atoms with Crippen LogP contribution in [0.1, 0.15) is 60.8 Å². The third-order valence-electron chi connectivity index (χ3n) is 3.78. The molecule has 0 aliphatic carbocycles. The third-order valence-corrected chi connectivity index (χ3v) is 3.78. The zero-order chi connectivity index (χ0) is 19.0. The summed E-state index contributed by atoms with van der Waals surface area (Å²) in [5.41, 5.74) is -0.479. The van der Waals surface area contributed by atoms with E-state index in [0.717, 1.165) is 20.0 Å². The number of hydrogen-bond acceptors (Lipinski definition) is 6. The summed E-state index contributed by atoms with van der Waals surface area (Å²) in [6.45, 7) is 12.0. The van der Waals surface area contributed by atoms with E-state index >= 15 is 0 Å². The van der Waals surface area contributed by atoms with Gasteiger partial charge in [0.1, 0.15) is 0 Å². The van der Waals surface area contributed by atoms with E-state index in [1.807, 2.05) is 20.8 Å². The first kappa shape index (κ1) is 22.3. The molecule has 0 aromatic carbocycles. The highest BCUT2D eigenvalue weighted by atomic mass is 19.1. The minimum atomic E-state index is -2.52. The van der Waals surface area contributed by atoms with E-state index < -0.39 is 30.1 Å². The molecule has 0 rings (SSSR count). The summed E-state index contributed by atoms with van der Waals surface area (Å²) < 4.78 is 26.9. The number of halogens is 1. The maximum atomic E-state index is 13.3. The van der Waals surface area contributed by atoms with Crippen molar-refractivity contribution in [3.63, 3.8) is 0 Å². The molecular weight excluding hydrogens is 317 g/mol. The smallest absolute Gasteiger partial charge is 0.464 e. The van der Waals surface area contributed by atoms with Crippen molar-refractivity contribution in [2.75, 3.05) is 7.11 Å². The first-order valence-electron chi connectivity index (χ1n) is 8.10. The van der Waals surface area contributed by atoms with Crippen LogP contribution in [-0.4, -0.2) is 38.0 Å². The van der Waals surface area contributed by atoms with Gasteiger partial charge < -0.3 is 14.2 Å². The van der Waals surface area contributed by atoms with Gasteiger partial charge in [-0.3, -0.25) is 4.99 Å². The number of rotatable bonds is 9. The highest BCUT2D eigenvalue weighted by Crippen LogP contribution is 2.39. The molecule has 24 heavy (non-hydrogen) atoms. The number of alkyl halides is 1. The van der Waals surface area contributed by atoms with Crippen LogP contribution in [0.15, 0.2) is 4.99 Å². The molecule has 6 nitrogen and oxygen atoms in total. The predicted molar refractivity (Wildman–Crippen MR) is 89.5 cm³/mol. The second kappa shape index (κ2) is 9.59. The molecule has 0 aromatic heterocycles. The number of hydrogen-bond donors (Lipinski definition) is 0. The number of methoxy groups -OCH3 is 1. The van der Waals surface area contributed by atoms with Gasteiger partial charge in [-0.15, -0.1) is 0 Å². The van der Waals surface area contributed by atoms with E-state index in [1.165, 1.54) is 0 Å². The fourth-order valence-electron chi connectivity index (χ4n) is 2.38. The largest absolute Gasteiger partial charge is 0.513 e. The van der Waals surface area contributed by atoms with E-state index in [9.17, 15) is 14.0 Å². The average molecular weight is 347 g/mol. The maximum Gasteiger partial charge on any atom is 0.513 e. The summed E-state index contributed by atoms with van der Waals surface area (Å²) >= 11 is 0. The quantitative estimate of drug-likeness (QED) is 0.460. The Morgan fingerprint density at radius 1 is 1.17 bits per heavy atom. The summed E-state index contributed by atoms with van der Waals surface area (Å²) in [6, 6.07) is 0. The van der Waals surface area contributed by atoms with Crippen LogP contribution >= 0.6 is 0 Å². The molecule has 0 bridgehead atoms. The SMILES string of the molecule is CC/C=N/C(OC(=O)OC(F)C(=O)OC)C(C)(C)CC(C)(C)CC. The van der Waals surface area contributed by atoms with Crippen molar-refractivity contribution >= 4 is 18.3 Å². The Bertz CT molecular complexity index is 448. The van der Waals surface area contributed by atoms with Crippen LogP contribution in [0, 0.1) is 10.8 Å². The molecule has 0 spiro atoms. The number of aliphatic imine (C=N–C) groups is 1. The van der Waals surface area contributed by atoms with Crippen molar-refractivity contribution in [3.05, 3.63) is 0 Å². The number of ether oxygens (including phenoxy) is 3. The minimum Gasteiger partial charge on any atom is -0.464 e. The van der Waals surface area contributed by atoms with Crippen molar-refractivity contribution in [1.29, 1.82) is 0 Å². The lowest BCUT2D eigenvalue weighted by molar-refractivity contribution is -0.164. The molecule has 0 heterocycles. The highest BCUT2D eigenvalue weighted by Gasteiger charge is 2.38. The van der Waals surface area contributed by atoms with E-state index in [-0.39, 0.29) is 5.41 Å². The van der Waals surface area contributed by atoms with Gasteiger partial charge in [-0.1, -0.05) is 48.0 Å². The molecular formula is C17H30FNO5. The molecule has 0 saturated carbocycles. The third kappa shape index (κ3) is 7.75. The van der Waals surface area contributed by atoms with Crippen molar-refractivity contribution in [2.24, 2.45) is 15.8 Å². The van der Waals surface area contributed by atoms with Gasteiger partial charge in [0.05, 0.1) is 7.11 Å². The Balaban J connectivity index is 5.10. The summed E-state index contributed by atoms with van der Waals surface area (Å²) in [6.07, 6.45) is -0.698. The van der Waals surface area contributed by atoms with Crippen molar-refractivity contribution in [3.8, 4) is 0 Å². The summed E-state index contributed by atoms with van der Waals surface area (Å²) in [5.74, 6) is -1.30. The Labute approximate surface area is 143 Å². The first-order chi connectivity index (χ1) is 11.0. The highest BCUT2D eigenvalue weighted by molar-refractivity contribution is 5.75. The van der Waals surface area contributed by atoms with Crippen LogP contribution in [0.4, 0.5) is 9.18 Å². The lowest BCUT2D eigenvalue weighted by Crippen LogP contribution is -2.37. The van der Waals surface area contributed by atoms with Gasteiger partial charge in [0.15, 0.2) is 0 Å². The molecule has 2 atom stereocenters. The summed E-state index contributed by atoms with van der Waals surface area (Å²) in [7, 11) is 0.994. The van der Waals surface area contributed by atoms with Gasteiger partial charge in [0, 0.05) is 11.6 Å². The van der Waals surface area contributed by atoms with Crippen LogP contribution < -0.4 is 0 Å². The van der Waals surface area contributed by atoms with Crippen LogP contribution in [0.25, 0.3) is 0 Å². The molecule has 0 N–H and O–H groups in total. The van der Waals surface area contributed by atoms with E-state index in [4.69, 9.17) is 4.74 Å². The second-order valence-electron chi connectivity index (χ2n) is 7.10. The fraction of sp³-hybridized carbons (Fsp3) is 0.824. The number of nitrogens with zero attached hydrogens (tertiary/aromatic N) is 1. The van der Waals surface area contributed by atoms with Crippen LogP contribution in [-0.2, 0) is 19.0 Å². The molecule has 0 aliphatic rings.